The number of hydrogen-bond acceptors (Lipinski definition) is 1. The molecule has 0 aliphatic rings. The third-order valence-electron chi connectivity index (χ3n) is 2.32. The summed E-state index contributed by atoms with van der Waals surface area (Å²) >= 11 is 11.9. The Morgan fingerprint density at radius 1 is 1.15 bits per heavy atom. The summed E-state index contributed by atoms with van der Waals surface area (Å²) in [6.07, 6.45) is 2.19. The molecule has 13 heavy (non-hydrogen) atoms. The first-order chi connectivity index (χ1) is 5.97. The predicted molar refractivity (Wildman–Crippen MR) is 59.7 cm³/mol. The summed E-state index contributed by atoms with van der Waals surface area (Å²) < 4.78 is 0. The first-order valence-electron chi connectivity index (χ1n) is 4.93. The van der Waals surface area contributed by atoms with Crippen LogP contribution < -0.4 is 0 Å². The molecule has 0 rings (SSSR count). The zero-order valence-electron chi connectivity index (χ0n) is 8.63. The fourth-order valence-corrected chi connectivity index (χ4v) is 1.84. The van der Waals surface area contributed by atoms with Crippen LogP contribution in [0.5, 0.6) is 0 Å². The second kappa shape index (κ2) is 6.92. The molecule has 0 saturated heterocycles. The molecule has 0 bridgehead atoms. The van der Waals surface area contributed by atoms with Crippen LogP contribution in [0.4, 0.5) is 0 Å². The first kappa shape index (κ1) is 13.5. The van der Waals surface area contributed by atoms with Crippen LogP contribution in [-0.2, 0) is 0 Å². The highest BCUT2D eigenvalue weighted by atomic mass is 35.5. The summed E-state index contributed by atoms with van der Waals surface area (Å²) in [6, 6.07) is 0. The number of rotatable bonds is 6. The molecular formula is C10H20Cl2O. The lowest BCUT2D eigenvalue weighted by atomic mass is 9.93. The fourth-order valence-electron chi connectivity index (χ4n) is 1.40. The maximum absolute atomic E-state index is 9.49. The van der Waals surface area contributed by atoms with Gasteiger partial charge in [0.1, 0.15) is 0 Å². The summed E-state index contributed by atoms with van der Waals surface area (Å²) in [5, 5.41) is 9.71. The number of hydrogen-bond donors (Lipinski definition) is 1. The lowest BCUT2D eigenvalue weighted by Crippen LogP contribution is -2.21. The van der Waals surface area contributed by atoms with Gasteiger partial charge in [-0.25, -0.2) is 0 Å². The van der Waals surface area contributed by atoms with Crippen LogP contribution in [-0.4, -0.2) is 22.0 Å². The summed E-state index contributed by atoms with van der Waals surface area (Å²) in [5.41, 5.74) is 0. The van der Waals surface area contributed by atoms with Crippen molar-refractivity contribution in [2.75, 3.05) is 0 Å². The highest BCUT2D eigenvalue weighted by Crippen LogP contribution is 2.24. The second-order valence-corrected chi connectivity index (χ2v) is 5.19. The largest absolute Gasteiger partial charge is 0.393 e. The topological polar surface area (TPSA) is 20.2 Å². The Balaban J connectivity index is 3.94. The van der Waals surface area contributed by atoms with E-state index in [4.69, 9.17) is 23.2 Å². The fraction of sp³-hybridized carbons (Fsp3) is 1.00. The maximum atomic E-state index is 9.49. The highest BCUT2D eigenvalue weighted by molar-refractivity contribution is 6.21. The van der Waals surface area contributed by atoms with Gasteiger partial charge in [-0.15, -0.1) is 23.2 Å². The Kier molecular flexibility index (Phi) is 7.20. The molecule has 1 nitrogen and oxygen atoms in total. The number of aliphatic hydroxyl groups excluding tert-OH is 1. The minimum absolute atomic E-state index is 0.0856. The number of alkyl halides is 2. The molecule has 3 heteroatoms. The smallest absolute Gasteiger partial charge is 0.0540 e. The van der Waals surface area contributed by atoms with Gasteiger partial charge in [0, 0.05) is 10.8 Å². The van der Waals surface area contributed by atoms with Crippen molar-refractivity contribution in [3.8, 4) is 0 Å². The number of aliphatic hydroxyl groups is 1. The minimum Gasteiger partial charge on any atom is -0.393 e. The molecule has 1 N–H and O–H groups in total. The molecule has 0 fully saturated rings. The van der Waals surface area contributed by atoms with E-state index in [9.17, 15) is 5.11 Å². The van der Waals surface area contributed by atoms with Crippen molar-refractivity contribution < 1.29 is 5.11 Å². The van der Waals surface area contributed by atoms with Crippen LogP contribution >= 0.6 is 23.2 Å². The zero-order chi connectivity index (χ0) is 10.4. The van der Waals surface area contributed by atoms with Gasteiger partial charge >= 0.3 is 0 Å². The van der Waals surface area contributed by atoms with Crippen molar-refractivity contribution in [2.45, 2.75) is 56.9 Å². The van der Waals surface area contributed by atoms with Crippen molar-refractivity contribution in [3.05, 3.63) is 0 Å². The molecule has 0 amide bonds. The van der Waals surface area contributed by atoms with Crippen LogP contribution in [0.3, 0.4) is 0 Å². The van der Waals surface area contributed by atoms with Crippen molar-refractivity contribution >= 4 is 23.2 Å². The number of halogens is 2. The third-order valence-corrected chi connectivity index (χ3v) is 2.86. The molecule has 0 aliphatic carbocycles. The van der Waals surface area contributed by atoms with Crippen molar-refractivity contribution in [3.63, 3.8) is 0 Å². The SMILES string of the molecule is CCC(O)CC(CC(C)Cl)C(C)Cl. The van der Waals surface area contributed by atoms with Gasteiger partial charge < -0.3 is 5.11 Å². The summed E-state index contributed by atoms with van der Waals surface area (Å²) in [5.74, 6) is 0.323. The van der Waals surface area contributed by atoms with Gasteiger partial charge in [-0.1, -0.05) is 6.92 Å². The zero-order valence-corrected chi connectivity index (χ0v) is 10.1. The van der Waals surface area contributed by atoms with Crippen LogP contribution in [0.15, 0.2) is 0 Å². The Morgan fingerprint density at radius 2 is 1.69 bits per heavy atom. The van der Waals surface area contributed by atoms with Crippen LogP contribution in [0.2, 0.25) is 0 Å². The molecule has 0 radical (unpaired) electrons. The molecule has 0 saturated carbocycles. The molecule has 0 spiro atoms. The molecule has 0 aliphatic heterocycles. The van der Waals surface area contributed by atoms with Gasteiger partial charge in [-0.05, 0) is 39.0 Å². The van der Waals surface area contributed by atoms with Crippen molar-refractivity contribution in [2.24, 2.45) is 5.92 Å². The average molecular weight is 227 g/mol. The maximum Gasteiger partial charge on any atom is 0.0540 e. The van der Waals surface area contributed by atoms with E-state index in [1.54, 1.807) is 0 Å². The minimum atomic E-state index is -0.235. The summed E-state index contributed by atoms with van der Waals surface area (Å²) in [4.78, 5) is 0. The van der Waals surface area contributed by atoms with E-state index in [0.717, 1.165) is 19.3 Å². The Hall–Kier alpha value is 0.540. The van der Waals surface area contributed by atoms with Crippen molar-refractivity contribution in [1.29, 1.82) is 0 Å². The van der Waals surface area contributed by atoms with E-state index < -0.39 is 0 Å². The molecule has 0 aromatic heterocycles. The lowest BCUT2D eigenvalue weighted by Gasteiger charge is -2.22. The highest BCUT2D eigenvalue weighted by Gasteiger charge is 2.20. The van der Waals surface area contributed by atoms with E-state index in [2.05, 4.69) is 0 Å². The van der Waals surface area contributed by atoms with Gasteiger partial charge in [0.25, 0.3) is 0 Å². The van der Waals surface area contributed by atoms with E-state index in [-0.39, 0.29) is 16.9 Å². The molecule has 80 valence electrons. The summed E-state index contributed by atoms with van der Waals surface area (Å²) in [7, 11) is 0. The molecule has 4 unspecified atom stereocenters. The second-order valence-electron chi connectivity index (χ2n) is 3.75. The Labute approximate surface area is 91.4 Å². The van der Waals surface area contributed by atoms with Crippen LogP contribution in [0.25, 0.3) is 0 Å². The van der Waals surface area contributed by atoms with Crippen molar-refractivity contribution in [1.82, 2.24) is 0 Å². The van der Waals surface area contributed by atoms with Gasteiger partial charge in [0.2, 0.25) is 0 Å². The molecule has 0 heterocycles. The average Bonchev–Trinajstić information content (AvgIpc) is 2.02. The molecular weight excluding hydrogens is 207 g/mol. The normalized spacial score (nSPS) is 20.8. The van der Waals surface area contributed by atoms with Gasteiger partial charge in [-0.2, -0.15) is 0 Å². The van der Waals surface area contributed by atoms with E-state index in [0.29, 0.717) is 5.92 Å². The standard InChI is InChI=1S/C10H20Cl2O/c1-4-10(13)6-9(8(3)12)5-7(2)11/h7-10,13H,4-6H2,1-3H3. The van der Waals surface area contributed by atoms with E-state index in [1.807, 2.05) is 20.8 Å². The predicted octanol–water partition coefficient (Wildman–Crippen LogP) is 3.41. The van der Waals surface area contributed by atoms with Crippen LogP contribution in [0.1, 0.15) is 40.0 Å². The van der Waals surface area contributed by atoms with Gasteiger partial charge in [0.15, 0.2) is 0 Å². The monoisotopic (exact) mass is 226 g/mol. The molecule has 0 aromatic rings. The third kappa shape index (κ3) is 6.59. The molecule has 0 aromatic carbocycles. The summed E-state index contributed by atoms with van der Waals surface area (Å²) in [6.45, 7) is 5.91. The van der Waals surface area contributed by atoms with E-state index in [1.165, 1.54) is 0 Å². The lowest BCUT2D eigenvalue weighted by molar-refractivity contribution is 0.135. The van der Waals surface area contributed by atoms with Gasteiger partial charge in [-0.3, -0.25) is 0 Å². The molecule has 4 atom stereocenters. The van der Waals surface area contributed by atoms with Gasteiger partial charge in [0.05, 0.1) is 6.10 Å². The van der Waals surface area contributed by atoms with Crippen LogP contribution in [0, 0.1) is 5.92 Å². The quantitative estimate of drug-likeness (QED) is 0.689. The Morgan fingerprint density at radius 3 is 2.00 bits per heavy atom. The Bertz CT molecular complexity index is 126. The first-order valence-corrected chi connectivity index (χ1v) is 5.80. The van der Waals surface area contributed by atoms with E-state index >= 15 is 0 Å².